The third-order valence-corrected chi connectivity index (χ3v) is 3.54. The Morgan fingerprint density at radius 1 is 1.09 bits per heavy atom. The molecule has 6 heteroatoms. The lowest BCUT2D eigenvalue weighted by Gasteiger charge is -2.36. The molecule has 1 saturated heterocycles. The molecule has 0 unspecified atom stereocenters. The first kappa shape index (κ1) is 19.2. The van der Waals surface area contributed by atoms with Gasteiger partial charge in [0.15, 0.2) is 0 Å². The second-order valence-corrected chi connectivity index (χ2v) is 6.36. The largest absolute Gasteiger partial charge is 0.444 e. The van der Waals surface area contributed by atoms with Gasteiger partial charge in [-0.05, 0) is 34.6 Å². The maximum absolute atomic E-state index is 12.0. The summed E-state index contributed by atoms with van der Waals surface area (Å²) in [6.45, 7) is 16.5. The molecule has 130 valence electrons. The molecule has 0 bridgehead atoms. The van der Waals surface area contributed by atoms with Gasteiger partial charge in [-0.25, -0.2) is 14.8 Å². The fourth-order valence-corrected chi connectivity index (χ4v) is 2.27. The summed E-state index contributed by atoms with van der Waals surface area (Å²) in [6.07, 6.45) is 1.36. The first-order chi connectivity index (χ1) is 10.8. The van der Waals surface area contributed by atoms with Crippen LogP contribution in [-0.2, 0) is 4.74 Å². The van der Waals surface area contributed by atoms with E-state index in [4.69, 9.17) is 4.74 Å². The molecule has 0 aromatic carbocycles. The van der Waals surface area contributed by atoms with Gasteiger partial charge in [0.1, 0.15) is 17.7 Å². The molecule has 1 fully saturated rings. The van der Waals surface area contributed by atoms with Crippen LogP contribution in [0.5, 0.6) is 0 Å². The number of carbonyl (C=O) groups is 1. The maximum Gasteiger partial charge on any atom is 0.410 e. The summed E-state index contributed by atoms with van der Waals surface area (Å²) in [5.41, 5.74) is 1.65. The number of aromatic nitrogens is 2. The minimum Gasteiger partial charge on any atom is -0.444 e. The molecule has 6 nitrogen and oxygen atoms in total. The van der Waals surface area contributed by atoms with Gasteiger partial charge in [0.25, 0.3) is 0 Å². The highest BCUT2D eigenvalue weighted by Gasteiger charge is 2.26. The van der Waals surface area contributed by atoms with E-state index in [2.05, 4.69) is 14.9 Å². The van der Waals surface area contributed by atoms with E-state index in [-0.39, 0.29) is 6.09 Å². The molecule has 0 radical (unpaired) electrons. The molecular formula is C17H30N4O2. The van der Waals surface area contributed by atoms with E-state index < -0.39 is 5.60 Å². The summed E-state index contributed by atoms with van der Waals surface area (Å²) in [7, 11) is 0. The predicted octanol–water partition coefficient (Wildman–Crippen LogP) is 3.18. The molecular weight excluding hydrogens is 292 g/mol. The SMILES string of the molecule is CC.Cc1ncnc(N2CCN(C(=O)OC(C)(C)C)CC2)c1C. The van der Waals surface area contributed by atoms with Crippen molar-refractivity contribution in [1.82, 2.24) is 14.9 Å². The van der Waals surface area contributed by atoms with E-state index in [9.17, 15) is 4.79 Å². The lowest BCUT2D eigenvalue weighted by molar-refractivity contribution is 0.0240. The Bertz CT molecular complexity index is 518. The van der Waals surface area contributed by atoms with Crippen molar-refractivity contribution in [3.05, 3.63) is 17.6 Å². The second-order valence-electron chi connectivity index (χ2n) is 6.36. The number of nitrogens with zero attached hydrogens (tertiary/aromatic N) is 4. The Balaban J connectivity index is 0.00000127. The standard InChI is InChI=1S/C15H24N4O2.C2H6/c1-11-12(2)16-10-17-13(11)18-6-8-19(9-7-18)14(20)21-15(3,4)5;1-2/h10H,6-9H2,1-5H3;1-2H3. The average molecular weight is 322 g/mol. The van der Waals surface area contributed by atoms with Crippen molar-refractivity contribution in [3.63, 3.8) is 0 Å². The van der Waals surface area contributed by atoms with Crippen LogP contribution in [0.1, 0.15) is 45.9 Å². The third kappa shape index (κ3) is 5.37. The highest BCUT2D eigenvalue weighted by molar-refractivity contribution is 5.68. The average Bonchev–Trinajstić information content (AvgIpc) is 2.50. The Hall–Kier alpha value is -1.85. The van der Waals surface area contributed by atoms with Gasteiger partial charge in [0.05, 0.1) is 0 Å². The van der Waals surface area contributed by atoms with Crippen LogP contribution >= 0.6 is 0 Å². The minimum absolute atomic E-state index is 0.238. The van der Waals surface area contributed by atoms with Gasteiger partial charge in [-0.15, -0.1) is 0 Å². The van der Waals surface area contributed by atoms with Crippen molar-refractivity contribution in [2.75, 3.05) is 31.1 Å². The lowest BCUT2D eigenvalue weighted by atomic mass is 10.2. The fraction of sp³-hybridized carbons (Fsp3) is 0.706. The molecule has 1 aliphatic rings. The van der Waals surface area contributed by atoms with Gasteiger partial charge < -0.3 is 14.5 Å². The van der Waals surface area contributed by atoms with Crippen molar-refractivity contribution in [2.24, 2.45) is 0 Å². The van der Waals surface area contributed by atoms with Gasteiger partial charge in [0, 0.05) is 37.4 Å². The highest BCUT2D eigenvalue weighted by Crippen LogP contribution is 2.20. The number of ether oxygens (including phenoxy) is 1. The zero-order valence-electron chi connectivity index (χ0n) is 15.5. The van der Waals surface area contributed by atoms with Crippen molar-refractivity contribution in [2.45, 2.75) is 54.1 Å². The molecule has 2 rings (SSSR count). The number of aryl methyl sites for hydroxylation is 1. The van der Waals surface area contributed by atoms with Crippen LogP contribution in [-0.4, -0.2) is 52.7 Å². The van der Waals surface area contributed by atoms with Gasteiger partial charge in [-0.1, -0.05) is 13.8 Å². The Kier molecular flexibility index (Phi) is 6.79. The van der Waals surface area contributed by atoms with E-state index in [0.717, 1.165) is 30.2 Å². The lowest BCUT2D eigenvalue weighted by Crippen LogP contribution is -2.50. The van der Waals surface area contributed by atoms with Crippen molar-refractivity contribution in [1.29, 1.82) is 0 Å². The minimum atomic E-state index is -0.450. The first-order valence-electron chi connectivity index (χ1n) is 8.29. The Morgan fingerprint density at radius 3 is 2.17 bits per heavy atom. The number of carbonyl (C=O) groups excluding carboxylic acids is 1. The van der Waals surface area contributed by atoms with Gasteiger partial charge in [-0.3, -0.25) is 0 Å². The first-order valence-corrected chi connectivity index (χ1v) is 8.29. The molecule has 1 amide bonds. The molecule has 23 heavy (non-hydrogen) atoms. The molecule has 0 aliphatic carbocycles. The summed E-state index contributed by atoms with van der Waals surface area (Å²) in [6, 6.07) is 0. The molecule has 1 aliphatic heterocycles. The van der Waals surface area contributed by atoms with E-state index in [0.29, 0.717) is 13.1 Å². The number of hydrogen-bond acceptors (Lipinski definition) is 5. The molecule has 1 aromatic heterocycles. The summed E-state index contributed by atoms with van der Waals surface area (Å²) < 4.78 is 5.40. The third-order valence-electron chi connectivity index (χ3n) is 3.54. The van der Waals surface area contributed by atoms with Crippen molar-refractivity contribution >= 4 is 11.9 Å². The normalized spacial score (nSPS) is 14.9. The molecule has 0 atom stereocenters. The van der Waals surface area contributed by atoms with Gasteiger partial charge in [0.2, 0.25) is 0 Å². The quantitative estimate of drug-likeness (QED) is 0.795. The molecule has 0 saturated carbocycles. The Labute approximate surface area is 139 Å². The number of piperazine rings is 1. The van der Waals surface area contributed by atoms with Crippen LogP contribution in [0.15, 0.2) is 6.33 Å². The van der Waals surface area contributed by atoms with Crippen molar-refractivity contribution < 1.29 is 9.53 Å². The second kappa shape index (κ2) is 8.13. The van der Waals surface area contributed by atoms with E-state index in [1.54, 1.807) is 11.2 Å². The predicted molar refractivity (Wildman–Crippen MR) is 92.9 cm³/mol. The fourth-order valence-electron chi connectivity index (χ4n) is 2.27. The van der Waals surface area contributed by atoms with Crippen LogP contribution in [0.3, 0.4) is 0 Å². The van der Waals surface area contributed by atoms with E-state index >= 15 is 0 Å². The molecule has 0 spiro atoms. The zero-order valence-corrected chi connectivity index (χ0v) is 15.5. The molecule has 0 N–H and O–H groups in total. The van der Waals surface area contributed by atoms with Crippen LogP contribution < -0.4 is 4.90 Å². The van der Waals surface area contributed by atoms with Gasteiger partial charge in [-0.2, -0.15) is 0 Å². The molecule has 1 aromatic rings. The summed E-state index contributed by atoms with van der Waals surface area (Å²) in [5, 5.41) is 0. The smallest absolute Gasteiger partial charge is 0.410 e. The maximum atomic E-state index is 12.0. The highest BCUT2D eigenvalue weighted by atomic mass is 16.6. The summed E-state index contributed by atoms with van der Waals surface area (Å²) in [4.78, 5) is 24.6. The van der Waals surface area contributed by atoms with Gasteiger partial charge >= 0.3 is 6.09 Å². The summed E-state index contributed by atoms with van der Waals surface area (Å²) in [5.74, 6) is 0.964. The van der Waals surface area contributed by atoms with Crippen LogP contribution in [0.2, 0.25) is 0 Å². The van der Waals surface area contributed by atoms with E-state index in [1.807, 2.05) is 48.5 Å². The van der Waals surface area contributed by atoms with Crippen LogP contribution in [0, 0.1) is 13.8 Å². The summed E-state index contributed by atoms with van der Waals surface area (Å²) >= 11 is 0. The number of amides is 1. The van der Waals surface area contributed by atoms with Crippen LogP contribution in [0.25, 0.3) is 0 Å². The number of hydrogen-bond donors (Lipinski definition) is 0. The number of anilines is 1. The van der Waals surface area contributed by atoms with E-state index in [1.165, 1.54) is 0 Å². The Morgan fingerprint density at radius 2 is 1.65 bits per heavy atom. The number of rotatable bonds is 1. The monoisotopic (exact) mass is 322 g/mol. The van der Waals surface area contributed by atoms with Crippen LogP contribution in [0.4, 0.5) is 10.6 Å². The topological polar surface area (TPSA) is 58.6 Å². The zero-order chi connectivity index (χ0) is 17.6. The molecule has 2 heterocycles. The van der Waals surface area contributed by atoms with Crippen molar-refractivity contribution in [3.8, 4) is 0 Å².